The fourth-order valence-electron chi connectivity index (χ4n) is 4.50. The Kier molecular flexibility index (Phi) is 5.90. The van der Waals surface area contributed by atoms with Crippen molar-refractivity contribution in [1.29, 1.82) is 0 Å². The van der Waals surface area contributed by atoms with Crippen molar-refractivity contribution in [1.82, 2.24) is 0 Å². The molecule has 0 bridgehead atoms. The quantitative estimate of drug-likeness (QED) is 0.412. The molecule has 0 saturated heterocycles. The smallest absolute Gasteiger partial charge is 0.402 e. The van der Waals surface area contributed by atoms with Gasteiger partial charge in [-0.05, 0) is 16.7 Å². The molecule has 170 valence electrons. The summed E-state index contributed by atoms with van der Waals surface area (Å²) in [5.74, 6) is -4.40. The largest absolute Gasteiger partial charge is 0.635 e. The van der Waals surface area contributed by atoms with E-state index in [2.05, 4.69) is 0 Å². The van der Waals surface area contributed by atoms with Crippen molar-refractivity contribution in [3.05, 3.63) is 119 Å². The number of hydrogen-bond acceptors (Lipinski definition) is 3. The van der Waals surface area contributed by atoms with Crippen LogP contribution in [0.3, 0.4) is 0 Å². The van der Waals surface area contributed by atoms with Crippen molar-refractivity contribution < 1.29 is 36.7 Å². The number of halogens is 5. The summed E-state index contributed by atoms with van der Waals surface area (Å²) in [6.45, 7) is 0. The summed E-state index contributed by atoms with van der Waals surface area (Å²) < 4.78 is 86.0. The van der Waals surface area contributed by atoms with E-state index in [-0.39, 0.29) is 0 Å². The standard InChI is InChI=1S/C24H18BF5O3/c26-19-20(27)22(29,16-10-4-1-5-11-16)24(30,18-14-8-3-9-15-18)23(21(19)28,33-25(31)32)17-12-6-2-7-13-17/h1-15,20,31-32H. The van der Waals surface area contributed by atoms with Crippen LogP contribution >= 0.6 is 0 Å². The molecule has 3 aromatic carbocycles. The van der Waals surface area contributed by atoms with E-state index in [1.165, 1.54) is 54.6 Å². The van der Waals surface area contributed by atoms with Gasteiger partial charge < -0.3 is 14.7 Å². The van der Waals surface area contributed by atoms with Crippen molar-refractivity contribution in [2.24, 2.45) is 0 Å². The highest BCUT2D eigenvalue weighted by Crippen LogP contribution is 2.67. The van der Waals surface area contributed by atoms with Crippen LogP contribution in [-0.4, -0.2) is 23.5 Å². The SMILES string of the molecule is OB(O)OC1(c2ccccc2)C(F)=C(F)C(F)C(F)(c2ccccc2)C1(F)c1ccccc1. The number of allylic oxidation sites excluding steroid dienone is 1. The van der Waals surface area contributed by atoms with Gasteiger partial charge in [-0.1, -0.05) is 91.0 Å². The van der Waals surface area contributed by atoms with Crippen molar-refractivity contribution in [2.75, 3.05) is 0 Å². The highest BCUT2D eigenvalue weighted by atomic mass is 19.2. The molecule has 0 radical (unpaired) electrons. The van der Waals surface area contributed by atoms with Crippen molar-refractivity contribution in [3.63, 3.8) is 0 Å². The molecule has 3 aromatic rings. The summed E-state index contributed by atoms with van der Waals surface area (Å²) in [7, 11) is -2.88. The maximum Gasteiger partial charge on any atom is 0.635 e. The summed E-state index contributed by atoms with van der Waals surface area (Å²) in [5, 5.41) is 19.3. The minimum atomic E-state index is -3.89. The molecule has 9 heteroatoms. The highest BCUT2D eigenvalue weighted by molar-refractivity contribution is 6.33. The Morgan fingerprint density at radius 2 is 1.12 bits per heavy atom. The number of benzene rings is 3. The van der Waals surface area contributed by atoms with Gasteiger partial charge in [0, 0.05) is 0 Å². The molecule has 4 unspecified atom stereocenters. The summed E-state index contributed by atoms with van der Waals surface area (Å²) in [6, 6.07) is 18.5. The highest BCUT2D eigenvalue weighted by Gasteiger charge is 2.78. The molecule has 0 saturated carbocycles. The van der Waals surface area contributed by atoms with Gasteiger partial charge in [0.25, 0.3) is 0 Å². The molecule has 0 spiro atoms. The predicted octanol–water partition coefficient (Wildman–Crippen LogP) is 5.10. The summed E-state index contributed by atoms with van der Waals surface area (Å²) in [4.78, 5) is 0. The summed E-state index contributed by atoms with van der Waals surface area (Å²) in [6.07, 6.45) is -3.42. The van der Waals surface area contributed by atoms with Gasteiger partial charge in [0.2, 0.25) is 11.3 Å². The Balaban J connectivity index is 2.23. The van der Waals surface area contributed by atoms with Gasteiger partial charge >= 0.3 is 7.32 Å². The van der Waals surface area contributed by atoms with Crippen molar-refractivity contribution >= 4 is 7.32 Å². The molecule has 0 fully saturated rings. The molecule has 2 N–H and O–H groups in total. The van der Waals surface area contributed by atoms with Crippen molar-refractivity contribution in [2.45, 2.75) is 23.1 Å². The zero-order chi connectivity index (χ0) is 23.9. The van der Waals surface area contributed by atoms with Gasteiger partial charge in [-0.2, -0.15) is 0 Å². The molecule has 0 amide bonds. The van der Waals surface area contributed by atoms with Crippen LogP contribution in [0.15, 0.2) is 103 Å². The van der Waals surface area contributed by atoms with Gasteiger partial charge in [0.15, 0.2) is 23.4 Å². The first kappa shape index (κ1) is 23.2. The van der Waals surface area contributed by atoms with Crippen molar-refractivity contribution in [3.8, 4) is 0 Å². The van der Waals surface area contributed by atoms with Gasteiger partial charge in [0.1, 0.15) is 0 Å². The molecule has 4 rings (SSSR count). The summed E-state index contributed by atoms with van der Waals surface area (Å²) >= 11 is 0. The average Bonchev–Trinajstić information content (AvgIpc) is 2.85. The molecule has 0 heterocycles. The Hall–Kier alpha value is -3.01. The number of hydrogen-bond donors (Lipinski definition) is 2. The topological polar surface area (TPSA) is 49.7 Å². The van der Waals surface area contributed by atoms with Gasteiger partial charge in [-0.25, -0.2) is 22.0 Å². The Morgan fingerprint density at radius 3 is 1.58 bits per heavy atom. The Bertz CT molecular complexity index is 1150. The normalized spacial score (nSPS) is 29.7. The predicted molar refractivity (Wildman–Crippen MR) is 112 cm³/mol. The third-order valence-electron chi connectivity index (χ3n) is 5.90. The lowest BCUT2D eigenvalue weighted by atomic mass is 9.58. The second-order valence-electron chi connectivity index (χ2n) is 7.62. The monoisotopic (exact) mass is 460 g/mol. The molecular formula is C24H18BF5O3. The Labute approximate surface area is 186 Å². The molecule has 0 aromatic heterocycles. The van der Waals surface area contributed by atoms with E-state index in [1.807, 2.05) is 0 Å². The maximum absolute atomic E-state index is 17.7. The van der Waals surface area contributed by atoms with Crippen LogP contribution in [0, 0.1) is 0 Å². The van der Waals surface area contributed by atoms with Gasteiger partial charge in [0.05, 0.1) is 0 Å². The number of rotatable bonds is 5. The van der Waals surface area contributed by atoms with E-state index in [9.17, 15) is 10.0 Å². The second kappa shape index (κ2) is 8.41. The van der Waals surface area contributed by atoms with Crippen LogP contribution in [0.1, 0.15) is 16.7 Å². The molecule has 4 atom stereocenters. The van der Waals surface area contributed by atoms with Crippen LogP contribution < -0.4 is 0 Å². The van der Waals surface area contributed by atoms with Crippen LogP contribution in [0.25, 0.3) is 0 Å². The molecule has 0 aliphatic heterocycles. The van der Waals surface area contributed by atoms with E-state index in [0.717, 1.165) is 36.4 Å². The minimum Gasteiger partial charge on any atom is -0.402 e. The fourth-order valence-corrected chi connectivity index (χ4v) is 4.50. The van der Waals surface area contributed by atoms with Crippen LogP contribution in [-0.2, 0) is 21.6 Å². The lowest BCUT2D eigenvalue weighted by Gasteiger charge is -2.54. The van der Waals surface area contributed by atoms with Crippen LogP contribution in [0.2, 0.25) is 0 Å². The molecule has 1 aliphatic rings. The van der Waals surface area contributed by atoms with E-state index in [4.69, 9.17) is 4.65 Å². The first-order chi connectivity index (χ1) is 15.7. The van der Waals surface area contributed by atoms with E-state index in [1.54, 1.807) is 0 Å². The fraction of sp³-hybridized carbons (Fsp3) is 0.167. The van der Waals surface area contributed by atoms with Crippen LogP contribution in [0.5, 0.6) is 0 Å². The summed E-state index contributed by atoms with van der Waals surface area (Å²) in [5.41, 5.74) is -12.9. The first-order valence-corrected chi connectivity index (χ1v) is 9.99. The molecular weight excluding hydrogens is 442 g/mol. The minimum absolute atomic E-state index is 0.498. The Morgan fingerprint density at radius 1 is 0.697 bits per heavy atom. The zero-order valence-electron chi connectivity index (χ0n) is 17.0. The maximum atomic E-state index is 17.7. The molecule has 3 nitrogen and oxygen atoms in total. The lowest BCUT2D eigenvalue weighted by molar-refractivity contribution is -0.218. The van der Waals surface area contributed by atoms with Gasteiger partial charge in [-0.3, -0.25) is 0 Å². The van der Waals surface area contributed by atoms with Crippen LogP contribution in [0.4, 0.5) is 22.0 Å². The van der Waals surface area contributed by atoms with E-state index >= 15 is 22.0 Å². The third-order valence-corrected chi connectivity index (χ3v) is 5.90. The second-order valence-corrected chi connectivity index (χ2v) is 7.62. The number of alkyl halides is 3. The zero-order valence-corrected chi connectivity index (χ0v) is 17.0. The first-order valence-electron chi connectivity index (χ1n) is 9.99. The van der Waals surface area contributed by atoms with Gasteiger partial charge in [-0.15, -0.1) is 0 Å². The van der Waals surface area contributed by atoms with E-state index in [0.29, 0.717) is 0 Å². The molecule has 1 aliphatic carbocycles. The lowest BCUT2D eigenvalue weighted by Crippen LogP contribution is -2.66. The average molecular weight is 460 g/mol. The molecule has 33 heavy (non-hydrogen) atoms. The van der Waals surface area contributed by atoms with E-state index < -0.39 is 58.8 Å². The third kappa shape index (κ3) is 3.14.